The van der Waals surface area contributed by atoms with Crippen molar-refractivity contribution in [1.29, 1.82) is 0 Å². The Kier molecular flexibility index (Phi) is 7.44. The van der Waals surface area contributed by atoms with Crippen molar-refractivity contribution < 1.29 is 31.9 Å². The summed E-state index contributed by atoms with van der Waals surface area (Å²) in [6.45, 7) is 2.84. The third-order valence-corrected chi connectivity index (χ3v) is 10.8. The molecule has 4 aliphatic carbocycles. The highest BCUT2D eigenvalue weighted by Crippen LogP contribution is 2.70. The zero-order valence-electron chi connectivity index (χ0n) is 24.4. The van der Waals surface area contributed by atoms with Gasteiger partial charge in [-0.05, 0) is 103 Å². The van der Waals surface area contributed by atoms with Gasteiger partial charge in [0, 0.05) is 43.2 Å². The number of ketones is 1. The summed E-state index contributed by atoms with van der Waals surface area (Å²) >= 11 is 0. The summed E-state index contributed by atoms with van der Waals surface area (Å²) in [5, 5.41) is 11.4. The van der Waals surface area contributed by atoms with E-state index in [0.29, 0.717) is 32.2 Å². The molecule has 2 aromatic rings. The molecule has 4 nitrogen and oxygen atoms in total. The van der Waals surface area contributed by atoms with Crippen LogP contribution >= 0.6 is 0 Å². The second-order valence-corrected chi connectivity index (χ2v) is 13.2. The van der Waals surface area contributed by atoms with Crippen LogP contribution in [0.5, 0.6) is 0 Å². The summed E-state index contributed by atoms with van der Waals surface area (Å²) in [5.74, 6) is -6.34. The topological polar surface area (TPSA) is 53.4 Å². The van der Waals surface area contributed by atoms with Gasteiger partial charge < -0.3 is 5.11 Å². The highest BCUT2D eigenvalue weighted by atomic mass is 19.4. The summed E-state index contributed by atoms with van der Waals surface area (Å²) in [4.78, 5) is 18.5. The van der Waals surface area contributed by atoms with Crippen LogP contribution in [0.3, 0.4) is 0 Å². The monoisotopic (exact) mass is 600 g/mol. The van der Waals surface area contributed by atoms with Gasteiger partial charge in [-0.1, -0.05) is 36.8 Å². The largest absolute Gasteiger partial charge is 0.456 e. The fourth-order valence-corrected chi connectivity index (χ4v) is 8.74. The van der Waals surface area contributed by atoms with Gasteiger partial charge in [-0.3, -0.25) is 14.7 Å². The molecule has 1 aromatic carbocycles. The van der Waals surface area contributed by atoms with E-state index in [1.165, 1.54) is 6.92 Å². The number of carbonyl (C=O) groups excluding carboxylic acids is 1. The van der Waals surface area contributed by atoms with E-state index in [2.05, 4.69) is 9.88 Å². The molecule has 230 valence electrons. The van der Waals surface area contributed by atoms with Gasteiger partial charge in [0.15, 0.2) is 5.78 Å². The summed E-state index contributed by atoms with van der Waals surface area (Å²) in [6, 6.07) is 11.8. The van der Waals surface area contributed by atoms with Crippen molar-refractivity contribution in [1.82, 2.24) is 9.88 Å². The minimum Gasteiger partial charge on any atom is -0.383 e. The van der Waals surface area contributed by atoms with Gasteiger partial charge in [0.25, 0.3) is 0 Å². The van der Waals surface area contributed by atoms with Crippen LogP contribution in [-0.2, 0) is 17.9 Å². The number of allylic oxidation sites excluding steroid dienone is 4. The third kappa shape index (κ3) is 4.87. The molecule has 0 radical (unpaired) electrons. The smallest absolute Gasteiger partial charge is 0.383 e. The van der Waals surface area contributed by atoms with Crippen LogP contribution in [0.2, 0.25) is 0 Å². The van der Waals surface area contributed by atoms with E-state index in [4.69, 9.17) is 0 Å². The first kappa shape index (κ1) is 30.1. The lowest BCUT2D eigenvalue weighted by Crippen LogP contribution is -2.65. The lowest BCUT2D eigenvalue weighted by molar-refractivity contribution is -0.362. The van der Waals surface area contributed by atoms with Crippen LogP contribution < -0.4 is 0 Å². The number of aromatic nitrogens is 1. The number of carbonyl (C=O) groups is 1. The molecule has 2 saturated carbocycles. The molecule has 1 aromatic heterocycles. The Hall–Kier alpha value is -2.91. The standard InChI is InChI=1S/C34H37F5N2O2/c1-31-18-28(23-5-3-21(4-6-23)19-41(2)20-22-12-15-40-16-13-22)30-26-10-8-25(42)17-24(26)7-9-27(30)29(31)11-14-32(31,43)33(35,36)34(37,38)39/h3-6,12-13,15-17,27-29,43H,7-11,14,18-20H2,1-2H3/t27?,28-,29?,31+,32+/m1/s1. The number of benzene rings is 1. The first-order valence-electron chi connectivity index (χ1n) is 15.0. The van der Waals surface area contributed by atoms with Crippen molar-refractivity contribution in [2.24, 2.45) is 17.3 Å². The number of aliphatic hydroxyl groups is 1. The molecule has 1 heterocycles. The van der Waals surface area contributed by atoms with Gasteiger partial charge in [-0.15, -0.1) is 0 Å². The highest BCUT2D eigenvalue weighted by molar-refractivity contribution is 5.93. The number of hydrogen-bond donors (Lipinski definition) is 1. The molecule has 2 unspecified atom stereocenters. The number of rotatable bonds is 6. The number of pyridine rings is 1. The predicted molar refractivity (Wildman–Crippen MR) is 152 cm³/mol. The maximum atomic E-state index is 15.2. The normalized spacial score (nSPS) is 31.0. The molecule has 0 bridgehead atoms. The fourth-order valence-electron chi connectivity index (χ4n) is 8.74. The van der Waals surface area contributed by atoms with E-state index in [1.807, 2.05) is 43.4 Å². The van der Waals surface area contributed by atoms with Crippen molar-refractivity contribution in [3.8, 4) is 0 Å². The summed E-state index contributed by atoms with van der Waals surface area (Å²) in [7, 11) is 2.01. The molecule has 5 atom stereocenters. The van der Waals surface area contributed by atoms with E-state index in [9.17, 15) is 23.1 Å². The zero-order valence-corrected chi connectivity index (χ0v) is 24.4. The minimum atomic E-state index is -5.86. The Labute approximate surface area is 248 Å². The Morgan fingerprint density at radius 3 is 2.26 bits per heavy atom. The van der Waals surface area contributed by atoms with E-state index in [-0.39, 0.29) is 24.5 Å². The lowest BCUT2D eigenvalue weighted by Gasteiger charge is -2.56. The van der Waals surface area contributed by atoms with Gasteiger partial charge in [0.05, 0.1) is 0 Å². The van der Waals surface area contributed by atoms with Crippen LogP contribution in [0, 0.1) is 17.3 Å². The van der Waals surface area contributed by atoms with Crippen molar-refractivity contribution in [2.75, 3.05) is 7.05 Å². The fraction of sp³-hybridized carbons (Fsp3) is 0.529. The Bertz CT molecular complexity index is 1450. The molecule has 0 aliphatic heterocycles. The average Bonchev–Trinajstić information content (AvgIpc) is 3.24. The number of fused-ring (bicyclic) bond motifs is 4. The first-order valence-corrected chi connectivity index (χ1v) is 15.0. The molecule has 6 rings (SSSR count). The maximum Gasteiger partial charge on any atom is 0.456 e. The predicted octanol–water partition coefficient (Wildman–Crippen LogP) is 7.54. The lowest BCUT2D eigenvalue weighted by atomic mass is 9.50. The number of nitrogens with zero attached hydrogens (tertiary/aromatic N) is 2. The van der Waals surface area contributed by atoms with Gasteiger partial charge in [-0.25, -0.2) is 0 Å². The summed E-state index contributed by atoms with van der Waals surface area (Å²) < 4.78 is 71.8. The van der Waals surface area contributed by atoms with E-state index >= 15 is 8.78 Å². The molecule has 1 N–H and O–H groups in total. The van der Waals surface area contributed by atoms with Gasteiger partial charge in [0.1, 0.15) is 5.60 Å². The SMILES string of the molecule is CN(Cc1ccncc1)Cc1ccc([C@H]2C[C@@]3(C)C(CC[C@@]3(O)C(F)(F)C(F)(F)F)C3CCC4=CC(=O)CCC4=C32)cc1. The van der Waals surface area contributed by atoms with Crippen molar-refractivity contribution in [3.05, 3.63) is 88.3 Å². The molecule has 0 saturated heterocycles. The second-order valence-electron chi connectivity index (χ2n) is 13.2. The first-order chi connectivity index (χ1) is 20.2. The van der Waals surface area contributed by atoms with E-state index < -0.39 is 41.4 Å². The maximum absolute atomic E-state index is 15.2. The van der Waals surface area contributed by atoms with Crippen LogP contribution in [0.15, 0.2) is 71.6 Å². The van der Waals surface area contributed by atoms with Gasteiger partial charge in [0.2, 0.25) is 0 Å². The molecule has 2 fully saturated rings. The van der Waals surface area contributed by atoms with Crippen molar-refractivity contribution in [3.63, 3.8) is 0 Å². The summed E-state index contributed by atoms with van der Waals surface area (Å²) in [6.07, 6.45) is 0.898. The molecule has 9 heteroatoms. The molecule has 43 heavy (non-hydrogen) atoms. The van der Waals surface area contributed by atoms with Crippen molar-refractivity contribution in [2.45, 2.75) is 88.6 Å². The Balaban J connectivity index is 1.37. The Morgan fingerprint density at radius 1 is 0.953 bits per heavy atom. The molecular weight excluding hydrogens is 563 g/mol. The average molecular weight is 601 g/mol. The summed E-state index contributed by atoms with van der Waals surface area (Å²) in [5.41, 5.74) is 1.28. The van der Waals surface area contributed by atoms with Gasteiger partial charge in [-0.2, -0.15) is 22.0 Å². The molecular formula is C34H37F5N2O2. The van der Waals surface area contributed by atoms with Crippen LogP contribution in [-0.4, -0.2) is 45.5 Å². The number of hydrogen-bond acceptors (Lipinski definition) is 4. The highest BCUT2D eigenvalue weighted by Gasteiger charge is 2.79. The second kappa shape index (κ2) is 10.6. The van der Waals surface area contributed by atoms with Crippen LogP contribution in [0.4, 0.5) is 22.0 Å². The molecule has 4 aliphatic rings. The van der Waals surface area contributed by atoms with Gasteiger partial charge >= 0.3 is 12.1 Å². The van der Waals surface area contributed by atoms with Crippen LogP contribution in [0.1, 0.15) is 74.5 Å². The van der Waals surface area contributed by atoms with E-state index in [0.717, 1.165) is 40.0 Å². The zero-order chi connectivity index (χ0) is 30.8. The number of alkyl halides is 5. The van der Waals surface area contributed by atoms with Crippen LogP contribution in [0.25, 0.3) is 0 Å². The Morgan fingerprint density at radius 2 is 1.60 bits per heavy atom. The molecule has 0 spiro atoms. The quantitative estimate of drug-likeness (QED) is 0.348. The molecule has 0 amide bonds. The third-order valence-electron chi connectivity index (χ3n) is 10.8. The minimum absolute atomic E-state index is 0.0162. The number of halogens is 5. The van der Waals surface area contributed by atoms with Crippen molar-refractivity contribution >= 4 is 5.78 Å². The van der Waals surface area contributed by atoms with E-state index in [1.54, 1.807) is 18.5 Å².